The maximum absolute atomic E-state index is 11.7. The van der Waals surface area contributed by atoms with E-state index in [2.05, 4.69) is 0 Å². The first-order valence-electron chi connectivity index (χ1n) is 5.80. The van der Waals surface area contributed by atoms with Gasteiger partial charge in [-0.25, -0.2) is 0 Å². The molecule has 0 bridgehead atoms. The molecule has 0 radical (unpaired) electrons. The van der Waals surface area contributed by atoms with Crippen molar-refractivity contribution in [2.45, 2.75) is 31.8 Å². The predicted molar refractivity (Wildman–Crippen MR) is 62.3 cm³/mol. The van der Waals surface area contributed by atoms with Crippen molar-refractivity contribution in [2.75, 3.05) is 24.7 Å². The fourth-order valence-corrected chi connectivity index (χ4v) is 3.02. The highest BCUT2D eigenvalue weighted by atomic mass is 32.2. The number of rotatable bonds is 4. The van der Waals surface area contributed by atoms with Crippen molar-refractivity contribution in [2.24, 2.45) is 0 Å². The molecule has 2 amide bonds. The number of ether oxygens (including phenoxy) is 1. The smallest absolute Gasteiger partial charge is 0.239 e. The van der Waals surface area contributed by atoms with Gasteiger partial charge in [0.1, 0.15) is 0 Å². The Hall–Kier alpha value is -0.550. The van der Waals surface area contributed by atoms with E-state index < -0.39 is 0 Å². The highest BCUT2D eigenvalue weighted by molar-refractivity contribution is 7.99. The van der Waals surface area contributed by atoms with Crippen LogP contribution in [0.1, 0.15) is 25.7 Å². The average Bonchev–Trinajstić information content (AvgIpc) is 2.88. The number of imide groups is 1. The molecule has 5 heteroatoms. The Bertz CT molecular complexity index is 276. The van der Waals surface area contributed by atoms with Crippen LogP contribution in [0, 0.1) is 0 Å². The van der Waals surface area contributed by atoms with Crippen molar-refractivity contribution >= 4 is 23.6 Å². The monoisotopic (exact) mass is 243 g/mol. The first kappa shape index (κ1) is 11.9. The largest absolute Gasteiger partial charge is 0.377 e. The van der Waals surface area contributed by atoms with Crippen LogP contribution in [0.2, 0.25) is 0 Å². The van der Waals surface area contributed by atoms with Crippen LogP contribution in [0.5, 0.6) is 0 Å². The number of hydrogen-bond donors (Lipinski definition) is 0. The molecule has 0 aromatic rings. The highest BCUT2D eigenvalue weighted by Gasteiger charge is 2.26. The highest BCUT2D eigenvalue weighted by Crippen LogP contribution is 2.18. The van der Waals surface area contributed by atoms with Gasteiger partial charge in [0.2, 0.25) is 11.8 Å². The Morgan fingerprint density at radius 3 is 3.00 bits per heavy atom. The second-order valence-electron chi connectivity index (χ2n) is 4.19. The summed E-state index contributed by atoms with van der Waals surface area (Å²) in [4.78, 5) is 24.4. The lowest BCUT2D eigenvalue weighted by atomic mass is 10.3. The number of hydrogen-bond acceptors (Lipinski definition) is 4. The molecule has 0 aromatic heterocycles. The molecule has 1 unspecified atom stereocenters. The third kappa shape index (κ3) is 2.98. The number of nitrogens with zero attached hydrogens (tertiary/aromatic N) is 1. The van der Waals surface area contributed by atoms with E-state index in [1.807, 2.05) is 0 Å². The molecular weight excluding hydrogens is 226 g/mol. The van der Waals surface area contributed by atoms with E-state index in [1.165, 1.54) is 4.90 Å². The number of likely N-dealkylation sites (tertiary alicyclic amines) is 1. The summed E-state index contributed by atoms with van der Waals surface area (Å²) in [5.41, 5.74) is 0. The minimum atomic E-state index is -0.0366. The average molecular weight is 243 g/mol. The maximum atomic E-state index is 11.7. The van der Waals surface area contributed by atoms with E-state index in [0.29, 0.717) is 24.8 Å². The van der Waals surface area contributed by atoms with Crippen LogP contribution in [0.3, 0.4) is 0 Å². The molecule has 2 saturated heterocycles. The van der Waals surface area contributed by atoms with Gasteiger partial charge in [-0.1, -0.05) is 0 Å². The third-order valence-corrected chi connectivity index (χ3v) is 3.99. The van der Waals surface area contributed by atoms with Crippen molar-refractivity contribution in [1.29, 1.82) is 0 Å². The number of thioether (sulfide) groups is 1. The van der Waals surface area contributed by atoms with Crippen molar-refractivity contribution < 1.29 is 14.3 Å². The first-order valence-corrected chi connectivity index (χ1v) is 6.95. The number of carbonyl (C=O) groups excluding carboxylic acids is 2. The predicted octanol–water partition coefficient (Wildman–Crippen LogP) is 1.05. The normalized spacial score (nSPS) is 25.4. The van der Waals surface area contributed by atoms with Crippen LogP contribution in [-0.4, -0.2) is 47.5 Å². The van der Waals surface area contributed by atoms with Crippen LogP contribution in [0.4, 0.5) is 0 Å². The lowest BCUT2D eigenvalue weighted by Gasteiger charge is -2.14. The number of amides is 2. The molecule has 90 valence electrons. The van der Waals surface area contributed by atoms with Gasteiger partial charge in [-0.3, -0.25) is 14.5 Å². The first-order chi connectivity index (χ1) is 7.77. The molecule has 2 fully saturated rings. The fraction of sp³-hybridized carbons (Fsp3) is 0.818. The molecule has 4 nitrogen and oxygen atoms in total. The molecular formula is C11H17NO3S. The van der Waals surface area contributed by atoms with Crippen molar-refractivity contribution in [3.63, 3.8) is 0 Å². The lowest BCUT2D eigenvalue weighted by Crippen LogP contribution is -2.33. The van der Waals surface area contributed by atoms with E-state index in [1.54, 1.807) is 11.8 Å². The Balaban J connectivity index is 1.65. The molecule has 1 atom stereocenters. The second-order valence-corrected chi connectivity index (χ2v) is 5.22. The number of carbonyl (C=O) groups is 2. The van der Waals surface area contributed by atoms with E-state index in [-0.39, 0.29) is 11.8 Å². The van der Waals surface area contributed by atoms with Crippen molar-refractivity contribution in [3.8, 4) is 0 Å². The Labute approximate surface area is 99.7 Å². The van der Waals surface area contributed by atoms with Crippen LogP contribution < -0.4 is 0 Å². The summed E-state index contributed by atoms with van der Waals surface area (Å²) < 4.78 is 5.47. The summed E-state index contributed by atoms with van der Waals surface area (Å²) in [6, 6.07) is 0. The van der Waals surface area contributed by atoms with Gasteiger partial charge in [-0.15, -0.1) is 11.8 Å². The molecule has 2 aliphatic rings. The molecule has 16 heavy (non-hydrogen) atoms. The summed E-state index contributed by atoms with van der Waals surface area (Å²) in [5.74, 6) is 1.23. The van der Waals surface area contributed by atoms with Gasteiger partial charge >= 0.3 is 0 Å². The van der Waals surface area contributed by atoms with E-state index in [4.69, 9.17) is 4.74 Å². The molecule has 0 spiro atoms. The second kappa shape index (κ2) is 5.68. The van der Waals surface area contributed by atoms with Crippen LogP contribution in [-0.2, 0) is 14.3 Å². The van der Waals surface area contributed by atoms with Gasteiger partial charge < -0.3 is 4.74 Å². The standard InChI is InChI=1S/C11H17NO3S/c13-10-4-1-5-12(10)11(14)8-16-7-9-3-2-6-15-9/h9H,1-8H2. The molecule has 2 rings (SSSR count). The van der Waals surface area contributed by atoms with Crippen molar-refractivity contribution in [1.82, 2.24) is 4.90 Å². The summed E-state index contributed by atoms with van der Waals surface area (Å²) in [7, 11) is 0. The molecule has 2 heterocycles. The van der Waals surface area contributed by atoms with Gasteiger partial charge in [-0.05, 0) is 19.3 Å². The zero-order chi connectivity index (χ0) is 11.4. The zero-order valence-electron chi connectivity index (χ0n) is 9.31. The van der Waals surface area contributed by atoms with Crippen molar-refractivity contribution in [3.05, 3.63) is 0 Å². The molecule has 0 N–H and O–H groups in total. The van der Waals surface area contributed by atoms with Crippen LogP contribution in [0.25, 0.3) is 0 Å². The fourth-order valence-electron chi connectivity index (χ4n) is 2.04. The SMILES string of the molecule is O=C1CCCN1C(=O)CSCC1CCCO1. The van der Waals surface area contributed by atoms with Gasteiger partial charge in [0.25, 0.3) is 0 Å². The summed E-state index contributed by atoms with van der Waals surface area (Å²) in [6.45, 7) is 1.46. The zero-order valence-corrected chi connectivity index (χ0v) is 10.1. The Kier molecular flexibility index (Phi) is 4.23. The quantitative estimate of drug-likeness (QED) is 0.740. The Morgan fingerprint density at radius 1 is 1.50 bits per heavy atom. The maximum Gasteiger partial charge on any atom is 0.239 e. The van der Waals surface area contributed by atoms with Gasteiger partial charge in [0.15, 0.2) is 0 Å². The summed E-state index contributed by atoms with van der Waals surface area (Å²) >= 11 is 1.58. The minimum Gasteiger partial charge on any atom is -0.377 e. The molecule has 0 saturated carbocycles. The topological polar surface area (TPSA) is 46.6 Å². The van der Waals surface area contributed by atoms with Crippen LogP contribution in [0.15, 0.2) is 0 Å². The van der Waals surface area contributed by atoms with E-state index >= 15 is 0 Å². The van der Waals surface area contributed by atoms with E-state index in [0.717, 1.165) is 31.6 Å². The van der Waals surface area contributed by atoms with E-state index in [9.17, 15) is 9.59 Å². The molecule has 0 aromatic carbocycles. The van der Waals surface area contributed by atoms with Crippen LogP contribution >= 0.6 is 11.8 Å². The summed E-state index contributed by atoms with van der Waals surface area (Å²) in [6.07, 6.45) is 3.89. The lowest BCUT2D eigenvalue weighted by molar-refractivity contribution is -0.140. The van der Waals surface area contributed by atoms with Gasteiger partial charge in [0, 0.05) is 25.3 Å². The Morgan fingerprint density at radius 2 is 2.38 bits per heavy atom. The minimum absolute atomic E-state index is 0.0114. The third-order valence-electron chi connectivity index (χ3n) is 2.93. The molecule has 2 aliphatic heterocycles. The van der Waals surface area contributed by atoms with Gasteiger partial charge in [-0.2, -0.15) is 0 Å². The summed E-state index contributed by atoms with van der Waals surface area (Å²) in [5, 5.41) is 0. The molecule has 0 aliphatic carbocycles. The van der Waals surface area contributed by atoms with Gasteiger partial charge in [0.05, 0.1) is 11.9 Å².